The third-order valence-corrected chi connectivity index (χ3v) is 3.15. The van der Waals surface area contributed by atoms with E-state index in [1.54, 1.807) is 24.5 Å². The van der Waals surface area contributed by atoms with Crippen LogP contribution in [0.4, 0.5) is 5.69 Å². The Hall–Kier alpha value is -2.46. The molecule has 0 amide bonds. The van der Waals surface area contributed by atoms with Crippen molar-refractivity contribution in [2.45, 2.75) is 6.61 Å². The summed E-state index contributed by atoms with van der Waals surface area (Å²) in [6.07, 6.45) is 1.56. The van der Waals surface area contributed by atoms with E-state index in [-0.39, 0.29) is 6.61 Å². The number of nitrogens with zero attached hydrogens (tertiary/aromatic N) is 1. The van der Waals surface area contributed by atoms with Crippen molar-refractivity contribution in [2.75, 3.05) is 5.73 Å². The number of anilines is 1. The molecule has 5 heteroatoms. The monoisotopic (exact) mass is 300 g/mol. The average Bonchev–Trinajstić information content (AvgIpc) is 2.95. The second-order valence-corrected chi connectivity index (χ2v) is 4.92. The molecule has 0 saturated carbocycles. The lowest BCUT2D eigenvalue weighted by atomic mass is 10.2. The first-order valence-electron chi connectivity index (χ1n) is 6.40. The van der Waals surface area contributed by atoms with E-state index >= 15 is 0 Å². The predicted octanol–water partition coefficient (Wildman–Crippen LogP) is 4.16. The second-order valence-electron chi connectivity index (χ2n) is 4.48. The highest BCUT2D eigenvalue weighted by atomic mass is 35.5. The van der Waals surface area contributed by atoms with Crippen molar-refractivity contribution in [3.05, 3.63) is 65.5 Å². The van der Waals surface area contributed by atoms with Crippen molar-refractivity contribution in [1.82, 2.24) is 4.98 Å². The summed E-state index contributed by atoms with van der Waals surface area (Å²) in [4.78, 5) is 4.38. The van der Waals surface area contributed by atoms with Crippen LogP contribution < -0.4 is 10.5 Å². The van der Waals surface area contributed by atoms with Gasteiger partial charge in [-0.15, -0.1) is 0 Å². The smallest absolute Gasteiger partial charge is 0.226 e. The van der Waals surface area contributed by atoms with E-state index in [9.17, 15) is 0 Å². The van der Waals surface area contributed by atoms with Crippen LogP contribution in [0.15, 0.2) is 59.2 Å². The van der Waals surface area contributed by atoms with E-state index in [0.29, 0.717) is 28.0 Å². The van der Waals surface area contributed by atoms with Gasteiger partial charge in [0.2, 0.25) is 5.89 Å². The molecule has 0 fully saturated rings. The summed E-state index contributed by atoms with van der Waals surface area (Å²) in [5, 5.41) is 0.639. The first kappa shape index (κ1) is 13.5. The lowest BCUT2D eigenvalue weighted by molar-refractivity contribution is 0.302. The molecule has 0 aliphatic carbocycles. The van der Waals surface area contributed by atoms with Gasteiger partial charge in [0.15, 0.2) is 0 Å². The molecule has 106 valence electrons. The van der Waals surface area contributed by atoms with Gasteiger partial charge in [-0.1, -0.05) is 29.8 Å². The molecule has 21 heavy (non-hydrogen) atoms. The molecule has 0 aliphatic rings. The number of hydrogen-bond acceptors (Lipinski definition) is 4. The summed E-state index contributed by atoms with van der Waals surface area (Å²) >= 11 is 5.95. The first-order valence-corrected chi connectivity index (χ1v) is 6.78. The molecule has 2 N–H and O–H groups in total. The summed E-state index contributed by atoms with van der Waals surface area (Å²) in [5.41, 5.74) is 7.92. The van der Waals surface area contributed by atoms with E-state index < -0.39 is 0 Å². The number of nitrogen functional groups attached to an aromatic ring is 1. The number of nitrogens with two attached hydrogens (primary N) is 1. The van der Waals surface area contributed by atoms with Gasteiger partial charge in [0.05, 0.1) is 5.69 Å². The quantitative estimate of drug-likeness (QED) is 0.735. The van der Waals surface area contributed by atoms with Crippen molar-refractivity contribution in [3.8, 4) is 17.2 Å². The third-order valence-electron chi connectivity index (χ3n) is 2.92. The molecule has 3 rings (SSSR count). The van der Waals surface area contributed by atoms with Crippen LogP contribution in [0.25, 0.3) is 11.5 Å². The Morgan fingerprint density at radius 3 is 2.81 bits per heavy atom. The van der Waals surface area contributed by atoms with Crippen LogP contribution in [-0.2, 0) is 6.61 Å². The SMILES string of the molecule is Nc1ccccc1OCc1coc(-c2cccc(Cl)c2)n1. The van der Waals surface area contributed by atoms with Crippen LogP contribution in [0.2, 0.25) is 5.02 Å². The lowest BCUT2D eigenvalue weighted by Gasteiger charge is -2.06. The maximum Gasteiger partial charge on any atom is 0.226 e. The Morgan fingerprint density at radius 2 is 2.00 bits per heavy atom. The number of hydrogen-bond donors (Lipinski definition) is 1. The van der Waals surface area contributed by atoms with E-state index in [4.69, 9.17) is 26.5 Å². The fraction of sp³-hybridized carbons (Fsp3) is 0.0625. The highest BCUT2D eigenvalue weighted by Gasteiger charge is 2.08. The van der Waals surface area contributed by atoms with E-state index in [1.165, 1.54) is 0 Å². The molecule has 0 atom stereocenters. The van der Waals surface area contributed by atoms with Gasteiger partial charge in [-0.25, -0.2) is 4.98 Å². The van der Waals surface area contributed by atoms with Crippen LogP contribution in [0, 0.1) is 0 Å². The Kier molecular flexibility index (Phi) is 3.79. The van der Waals surface area contributed by atoms with Gasteiger partial charge in [-0.3, -0.25) is 0 Å². The lowest BCUT2D eigenvalue weighted by Crippen LogP contribution is -1.98. The number of para-hydroxylation sites is 2. The standard InChI is InChI=1S/C16H13ClN2O2/c17-12-5-3-4-11(8-12)16-19-13(10-21-16)9-20-15-7-2-1-6-14(15)18/h1-8,10H,9,18H2. The zero-order valence-corrected chi connectivity index (χ0v) is 11.9. The molecule has 0 radical (unpaired) electrons. The van der Waals surface area contributed by atoms with Gasteiger partial charge in [-0.2, -0.15) is 0 Å². The number of ether oxygens (including phenoxy) is 1. The molecule has 0 spiro atoms. The largest absolute Gasteiger partial charge is 0.485 e. The summed E-state index contributed by atoms with van der Waals surface area (Å²) < 4.78 is 11.1. The fourth-order valence-electron chi connectivity index (χ4n) is 1.89. The highest BCUT2D eigenvalue weighted by molar-refractivity contribution is 6.30. The molecule has 1 aromatic heterocycles. The van der Waals surface area contributed by atoms with Gasteiger partial charge < -0.3 is 14.9 Å². The fourth-order valence-corrected chi connectivity index (χ4v) is 2.08. The van der Waals surface area contributed by atoms with Crippen LogP contribution in [0.3, 0.4) is 0 Å². The molecule has 0 bridgehead atoms. The van der Waals surface area contributed by atoms with Gasteiger partial charge in [0.1, 0.15) is 24.3 Å². The van der Waals surface area contributed by atoms with Crippen molar-refractivity contribution < 1.29 is 9.15 Å². The van der Waals surface area contributed by atoms with Crippen LogP contribution >= 0.6 is 11.6 Å². The van der Waals surface area contributed by atoms with E-state index in [0.717, 1.165) is 5.56 Å². The minimum absolute atomic E-state index is 0.290. The molecule has 0 aliphatic heterocycles. The molecule has 0 unspecified atom stereocenters. The minimum Gasteiger partial charge on any atom is -0.485 e. The van der Waals surface area contributed by atoms with Gasteiger partial charge in [0.25, 0.3) is 0 Å². The van der Waals surface area contributed by atoms with E-state index in [2.05, 4.69) is 4.98 Å². The predicted molar refractivity (Wildman–Crippen MR) is 82.1 cm³/mol. The maximum absolute atomic E-state index is 5.95. The zero-order valence-electron chi connectivity index (χ0n) is 11.1. The van der Waals surface area contributed by atoms with Gasteiger partial charge >= 0.3 is 0 Å². The Balaban J connectivity index is 1.72. The molecule has 0 saturated heterocycles. The third kappa shape index (κ3) is 3.17. The number of oxazole rings is 1. The van der Waals surface area contributed by atoms with Gasteiger partial charge in [0, 0.05) is 10.6 Å². The number of aromatic nitrogens is 1. The summed E-state index contributed by atoms with van der Waals surface area (Å²) in [5.74, 6) is 1.14. The molecular weight excluding hydrogens is 288 g/mol. The highest BCUT2D eigenvalue weighted by Crippen LogP contribution is 2.24. The van der Waals surface area contributed by atoms with Crippen LogP contribution in [0.5, 0.6) is 5.75 Å². The topological polar surface area (TPSA) is 61.3 Å². The maximum atomic E-state index is 5.95. The van der Waals surface area contributed by atoms with Crippen molar-refractivity contribution in [3.63, 3.8) is 0 Å². The molecule has 3 aromatic rings. The average molecular weight is 301 g/mol. The first-order chi connectivity index (χ1) is 10.2. The van der Waals surface area contributed by atoms with Crippen molar-refractivity contribution in [2.24, 2.45) is 0 Å². The molecule has 2 aromatic carbocycles. The number of rotatable bonds is 4. The molecule has 4 nitrogen and oxygen atoms in total. The Bertz CT molecular complexity index is 755. The van der Waals surface area contributed by atoms with Gasteiger partial charge in [-0.05, 0) is 30.3 Å². The summed E-state index contributed by atoms with van der Waals surface area (Å²) in [6.45, 7) is 0.290. The normalized spacial score (nSPS) is 10.5. The zero-order chi connectivity index (χ0) is 14.7. The van der Waals surface area contributed by atoms with Crippen molar-refractivity contribution >= 4 is 17.3 Å². The van der Waals surface area contributed by atoms with Crippen LogP contribution in [0.1, 0.15) is 5.69 Å². The number of halogens is 1. The summed E-state index contributed by atoms with van der Waals surface area (Å²) in [6, 6.07) is 14.7. The van der Waals surface area contributed by atoms with E-state index in [1.807, 2.05) is 30.3 Å². The Morgan fingerprint density at radius 1 is 1.14 bits per heavy atom. The molecule has 1 heterocycles. The number of benzene rings is 2. The summed E-state index contributed by atoms with van der Waals surface area (Å²) in [7, 11) is 0. The Labute approximate surface area is 127 Å². The second kappa shape index (κ2) is 5.89. The van der Waals surface area contributed by atoms with Crippen molar-refractivity contribution in [1.29, 1.82) is 0 Å². The minimum atomic E-state index is 0.290. The van der Waals surface area contributed by atoms with Crippen LogP contribution in [-0.4, -0.2) is 4.98 Å². The molecular formula is C16H13ClN2O2.